The molecule has 0 atom stereocenters. The highest BCUT2D eigenvalue weighted by molar-refractivity contribution is 5.78. The molecule has 0 saturated heterocycles. The first kappa shape index (κ1) is 14.9. The standard InChI is InChI=1S/C17H23NO2/c19-12-6-2-1-3-7-13-20-14-16-11-10-15-8-4-5-9-17(15)18-16/h4-5,8-11,19H,1-3,6-7,12-14H2. The summed E-state index contributed by atoms with van der Waals surface area (Å²) < 4.78 is 5.66. The Morgan fingerprint density at radius 3 is 2.60 bits per heavy atom. The fourth-order valence-electron chi connectivity index (χ4n) is 2.21. The van der Waals surface area contributed by atoms with Crippen molar-refractivity contribution in [3.63, 3.8) is 0 Å². The summed E-state index contributed by atoms with van der Waals surface area (Å²) in [5.74, 6) is 0. The Kier molecular flexibility index (Phi) is 6.48. The van der Waals surface area contributed by atoms with Crippen molar-refractivity contribution in [2.75, 3.05) is 13.2 Å². The Bertz CT molecular complexity index is 513. The predicted octanol–water partition coefficient (Wildman–Crippen LogP) is 3.69. The number of benzene rings is 1. The number of unbranched alkanes of at least 4 members (excludes halogenated alkanes) is 4. The Morgan fingerprint density at radius 2 is 1.70 bits per heavy atom. The molecule has 0 saturated carbocycles. The van der Waals surface area contributed by atoms with Crippen molar-refractivity contribution < 1.29 is 9.84 Å². The molecule has 1 heterocycles. The average molecular weight is 273 g/mol. The number of hydrogen-bond donors (Lipinski definition) is 1. The fraction of sp³-hybridized carbons (Fsp3) is 0.471. The molecule has 0 radical (unpaired) electrons. The van der Waals surface area contributed by atoms with Gasteiger partial charge >= 0.3 is 0 Å². The van der Waals surface area contributed by atoms with E-state index in [4.69, 9.17) is 9.84 Å². The second kappa shape index (κ2) is 8.67. The first-order valence-corrected chi connectivity index (χ1v) is 7.43. The molecule has 1 aromatic carbocycles. The minimum Gasteiger partial charge on any atom is -0.396 e. The lowest BCUT2D eigenvalue weighted by atomic mass is 10.1. The van der Waals surface area contributed by atoms with Gasteiger partial charge in [-0.1, -0.05) is 43.5 Å². The summed E-state index contributed by atoms with van der Waals surface area (Å²) in [5, 5.41) is 9.84. The van der Waals surface area contributed by atoms with Gasteiger partial charge in [0.2, 0.25) is 0 Å². The monoisotopic (exact) mass is 273 g/mol. The maximum atomic E-state index is 8.68. The molecular formula is C17H23NO2. The zero-order chi connectivity index (χ0) is 14.0. The van der Waals surface area contributed by atoms with E-state index in [0.717, 1.165) is 37.1 Å². The van der Waals surface area contributed by atoms with Crippen LogP contribution in [0.15, 0.2) is 36.4 Å². The van der Waals surface area contributed by atoms with Gasteiger partial charge in [0.05, 0.1) is 17.8 Å². The third-order valence-electron chi connectivity index (χ3n) is 3.35. The van der Waals surface area contributed by atoms with E-state index >= 15 is 0 Å². The van der Waals surface area contributed by atoms with Gasteiger partial charge in [-0.25, -0.2) is 0 Å². The second-order valence-electron chi connectivity index (χ2n) is 5.04. The number of aliphatic hydroxyl groups excluding tert-OH is 1. The van der Waals surface area contributed by atoms with Crippen molar-refractivity contribution >= 4 is 10.9 Å². The molecule has 2 rings (SSSR count). The molecule has 3 heteroatoms. The normalized spacial score (nSPS) is 11.1. The van der Waals surface area contributed by atoms with Gasteiger partial charge in [-0.2, -0.15) is 0 Å². The minimum atomic E-state index is 0.310. The Labute approximate surface area is 120 Å². The van der Waals surface area contributed by atoms with Crippen molar-refractivity contribution in [1.82, 2.24) is 4.98 Å². The third-order valence-corrected chi connectivity index (χ3v) is 3.35. The van der Waals surface area contributed by atoms with Crippen LogP contribution < -0.4 is 0 Å². The molecular weight excluding hydrogens is 250 g/mol. The van der Waals surface area contributed by atoms with Gasteiger partial charge < -0.3 is 9.84 Å². The summed E-state index contributed by atoms with van der Waals surface area (Å²) in [4.78, 5) is 4.58. The van der Waals surface area contributed by atoms with Crippen molar-refractivity contribution in [2.45, 2.75) is 38.7 Å². The lowest BCUT2D eigenvalue weighted by molar-refractivity contribution is 0.114. The molecule has 0 aliphatic rings. The van der Waals surface area contributed by atoms with E-state index in [-0.39, 0.29) is 0 Å². The molecule has 0 aliphatic carbocycles. The Balaban J connectivity index is 1.65. The van der Waals surface area contributed by atoms with Crippen LogP contribution in [0, 0.1) is 0 Å². The van der Waals surface area contributed by atoms with Crippen LogP contribution in [0.5, 0.6) is 0 Å². The SMILES string of the molecule is OCCCCCCCOCc1ccc2ccccc2n1. The molecule has 1 aromatic heterocycles. The van der Waals surface area contributed by atoms with Gasteiger partial charge in [-0.15, -0.1) is 0 Å². The van der Waals surface area contributed by atoms with Gasteiger partial charge in [0.25, 0.3) is 0 Å². The van der Waals surface area contributed by atoms with E-state index in [9.17, 15) is 0 Å². The first-order chi connectivity index (χ1) is 9.90. The highest BCUT2D eigenvalue weighted by Crippen LogP contribution is 2.12. The number of nitrogens with zero attached hydrogens (tertiary/aromatic N) is 1. The van der Waals surface area contributed by atoms with Crippen molar-refractivity contribution in [1.29, 1.82) is 0 Å². The molecule has 0 amide bonds. The molecule has 3 nitrogen and oxygen atoms in total. The number of aliphatic hydroxyl groups is 1. The summed E-state index contributed by atoms with van der Waals surface area (Å²) in [7, 11) is 0. The van der Waals surface area contributed by atoms with E-state index in [1.54, 1.807) is 0 Å². The number of ether oxygens (including phenoxy) is 1. The van der Waals surface area contributed by atoms with Crippen molar-refractivity contribution in [2.24, 2.45) is 0 Å². The fourth-order valence-corrected chi connectivity index (χ4v) is 2.21. The zero-order valence-corrected chi connectivity index (χ0v) is 11.9. The van der Waals surface area contributed by atoms with Crippen LogP contribution in [-0.2, 0) is 11.3 Å². The second-order valence-corrected chi connectivity index (χ2v) is 5.04. The van der Waals surface area contributed by atoms with Crippen LogP contribution in [0.3, 0.4) is 0 Å². The number of fused-ring (bicyclic) bond motifs is 1. The van der Waals surface area contributed by atoms with Gasteiger partial charge in [-0.3, -0.25) is 4.98 Å². The highest BCUT2D eigenvalue weighted by Gasteiger charge is 1.98. The summed E-state index contributed by atoms with van der Waals surface area (Å²) >= 11 is 0. The van der Waals surface area contributed by atoms with Gasteiger partial charge in [0.15, 0.2) is 0 Å². The molecule has 20 heavy (non-hydrogen) atoms. The smallest absolute Gasteiger partial charge is 0.0888 e. The summed E-state index contributed by atoms with van der Waals surface area (Å²) in [6.07, 6.45) is 5.47. The van der Waals surface area contributed by atoms with E-state index in [1.807, 2.05) is 24.3 Å². The number of pyridine rings is 1. The summed E-state index contributed by atoms with van der Waals surface area (Å²) in [5.41, 5.74) is 2.02. The summed E-state index contributed by atoms with van der Waals surface area (Å²) in [6.45, 7) is 1.68. The first-order valence-electron chi connectivity index (χ1n) is 7.43. The van der Waals surface area contributed by atoms with Crippen LogP contribution in [0.25, 0.3) is 10.9 Å². The van der Waals surface area contributed by atoms with E-state index in [1.165, 1.54) is 18.2 Å². The lowest BCUT2D eigenvalue weighted by Crippen LogP contribution is -1.98. The molecule has 108 valence electrons. The molecule has 0 fully saturated rings. The number of para-hydroxylation sites is 1. The van der Waals surface area contributed by atoms with Gasteiger partial charge in [-0.05, 0) is 25.0 Å². The molecule has 0 bridgehead atoms. The molecule has 0 spiro atoms. The van der Waals surface area contributed by atoms with E-state index in [2.05, 4.69) is 17.1 Å². The van der Waals surface area contributed by atoms with Crippen LogP contribution in [-0.4, -0.2) is 23.3 Å². The zero-order valence-electron chi connectivity index (χ0n) is 11.9. The Morgan fingerprint density at radius 1 is 0.900 bits per heavy atom. The van der Waals surface area contributed by atoms with Crippen LogP contribution in [0.4, 0.5) is 0 Å². The summed E-state index contributed by atoms with van der Waals surface area (Å²) in [6, 6.07) is 12.3. The van der Waals surface area contributed by atoms with Gasteiger partial charge in [0.1, 0.15) is 0 Å². The lowest BCUT2D eigenvalue weighted by Gasteiger charge is -2.05. The number of aromatic nitrogens is 1. The van der Waals surface area contributed by atoms with Crippen LogP contribution in [0.2, 0.25) is 0 Å². The van der Waals surface area contributed by atoms with Crippen molar-refractivity contribution in [3.05, 3.63) is 42.1 Å². The topological polar surface area (TPSA) is 42.4 Å². The predicted molar refractivity (Wildman–Crippen MR) is 81.6 cm³/mol. The minimum absolute atomic E-state index is 0.310. The molecule has 0 aliphatic heterocycles. The molecule has 2 aromatic rings. The molecule has 0 unspecified atom stereocenters. The number of hydrogen-bond acceptors (Lipinski definition) is 3. The Hall–Kier alpha value is -1.45. The maximum Gasteiger partial charge on any atom is 0.0888 e. The third kappa shape index (κ3) is 4.91. The highest BCUT2D eigenvalue weighted by atomic mass is 16.5. The van der Waals surface area contributed by atoms with Crippen LogP contribution >= 0.6 is 0 Å². The van der Waals surface area contributed by atoms with Crippen LogP contribution in [0.1, 0.15) is 37.8 Å². The van der Waals surface area contributed by atoms with E-state index < -0.39 is 0 Å². The van der Waals surface area contributed by atoms with E-state index in [0.29, 0.717) is 13.2 Å². The largest absolute Gasteiger partial charge is 0.396 e. The number of rotatable bonds is 9. The van der Waals surface area contributed by atoms with Gasteiger partial charge in [0, 0.05) is 18.6 Å². The molecule has 1 N–H and O–H groups in total. The maximum absolute atomic E-state index is 8.68. The quantitative estimate of drug-likeness (QED) is 0.708. The van der Waals surface area contributed by atoms with Crippen molar-refractivity contribution in [3.8, 4) is 0 Å². The average Bonchev–Trinajstić information content (AvgIpc) is 2.50.